The number of nitrogens with one attached hydrogen (secondary N) is 5. The van der Waals surface area contributed by atoms with E-state index in [4.69, 9.17) is 4.74 Å². The topological polar surface area (TPSA) is 203 Å². The molecule has 3 aromatic carbocycles. The molecule has 5 N–H and O–H groups in total. The third-order valence-corrected chi connectivity index (χ3v) is 13.9. The summed E-state index contributed by atoms with van der Waals surface area (Å²) >= 11 is 0. The van der Waals surface area contributed by atoms with E-state index in [1.807, 2.05) is 62.3 Å². The summed E-state index contributed by atoms with van der Waals surface area (Å²) in [5.74, 6) is 0.802. The number of nitrogens with zero attached hydrogens (tertiary/aromatic N) is 7. The van der Waals surface area contributed by atoms with Gasteiger partial charge in [0.2, 0.25) is 0 Å². The summed E-state index contributed by atoms with van der Waals surface area (Å²) in [4.78, 5) is 6.45. The summed E-state index contributed by atoms with van der Waals surface area (Å²) in [5, 5.41) is 54.7. The van der Waals surface area contributed by atoms with Crippen LogP contribution in [0.2, 0.25) is 0 Å². The van der Waals surface area contributed by atoms with Gasteiger partial charge in [0.05, 0.1) is 64.2 Å². The van der Waals surface area contributed by atoms with Gasteiger partial charge in [0, 0.05) is 71.4 Å². The predicted octanol–water partition coefficient (Wildman–Crippen LogP) is 8.54. The molecule has 0 saturated carbocycles. The predicted molar refractivity (Wildman–Crippen MR) is 240 cm³/mol. The first-order valence-electron chi connectivity index (χ1n) is 21.4. The van der Waals surface area contributed by atoms with Crippen molar-refractivity contribution >= 4 is 32.7 Å². The van der Waals surface area contributed by atoms with Crippen molar-refractivity contribution < 1.29 is 4.74 Å². The van der Waals surface area contributed by atoms with Crippen molar-refractivity contribution in [1.82, 2.24) is 45.1 Å². The molecule has 0 saturated heterocycles. The molecule has 6 aromatic heterocycles. The van der Waals surface area contributed by atoms with E-state index in [-0.39, 0.29) is 0 Å². The Balaban J connectivity index is 0.000000112. The minimum Gasteiger partial charge on any atom is -0.495 e. The number of benzene rings is 3. The van der Waals surface area contributed by atoms with Gasteiger partial charge in [-0.05, 0) is 128 Å². The van der Waals surface area contributed by atoms with Gasteiger partial charge in [-0.15, -0.1) is 0 Å². The summed E-state index contributed by atoms with van der Waals surface area (Å²) in [6, 6.07) is 30.4. The van der Waals surface area contributed by atoms with E-state index >= 15 is 0 Å². The normalized spacial score (nSPS) is 21.1. The third kappa shape index (κ3) is 6.54. The van der Waals surface area contributed by atoms with Crippen LogP contribution in [0.5, 0.6) is 5.75 Å². The lowest BCUT2D eigenvalue weighted by Gasteiger charge is -2.31. The molecule has 3 unspecified atom stereocenters. The fourth-order valence-electron chi connectivity index (χ4n) is 10.5. The van der Waals surface area contributed by atoms with Crippen LogP contribution in [-0.2, 0) is 61.8 Å². The Bertz CT molecular complexity index is 3260. The Morgan fingerprint density at radius 2 is 1.10 bits per heavy atom. The lowest BCUT2D eigenvalue weighted by molar-refractivity contribution is 0.418. The van der Waals surface area contributed by atoms with Gasteiger partial charge in [0.1, 0.15) is 5.75 Å². The van der Waals surface area contributed by atoms with E-state index in [1.54, 1.807) is 7.11 Å². The van der Waals surface area contributed by atoms with Crippen molar-refractivity contribution in [3.8, 4) is 24.0 Å². The molecule has 0 spiro atoms. The molecule has 13 nitrogen and oxygen atoms in total. The lowest BCUT2D eigenvalue weighted by atomic mass is 9.69. The zero-order valence-electron chi connectivity index (χ0n) is 35.2. The summed E-state index contributed by atoms with van der Waals surface area (Å²) in [6.45, 7) is 0. The number of hydrogen-bond acceptors (Lipinski definition) is 7. The maximum Gasteiger partial charge on any atom is 0.142 e. The van der Waals surface area contributed by atoms with Gasteiger partial charge in [-0.1, -0.05) is 30.3 Å². The van der Waals surface area contributed by atoms with Gasteiger partial charge in [0.15, 0.2) is 0 Å². The molecule has 0 aliphatic heterocycles. The van der Waals surface area contributed by atoms with E-state index in [0.29, 0.717) is 6.42 Å². The highest BCUT2D eigenvalue weighted by atomic mass is 16.5. The standard InChI is InChI=1S/C17H16N4O.C17H16N4.C16H14N4/c1-22-15-3-2-13(12-5-7-19-16(12)15)17(10-18)6-4-14-11(8-17)9-20-21-14;1-21-8-6-13-14(3-2-4-16(13)21)17(11-18)7-5-15-12(9-17)10-19-20-15;17-10-16(6-4-14-11(8-16)9-19-20-14)13-2-1-3-15-12(13)5-7-18-15/h2-3,5,7,9,19H,4,6,8H2,1H3,(H,20,21);2-4,6,8,10H,5,7,9H2,1H3,(H,19,20);1-3,5,7,9,18H,4,6,8H2,(H,19,20). The van der Waals surface area contributed by atoms with E-state index in [0.717, 1.165) is 118 Å². The van der Waals surface area contributed by atoms with Crippen LogP contribution < -0.4 is 4.74 Å². The van der Waals surface area contributed by atoms with Crippen molar-refractivity contribution in [2.24, 2.45) is 7.05 Å². The second kappa shape index (κ2) is 15.6. The third-order valence-electron chi connectivity index (χ3n) is 13.9. The van der Waals surface area contributed by atoms with E-state index in [2.05, 4.69) is 112 Å². The Kier molecular flexibility index (Phi) is 9.72. The maximum absolute atomic E-state index is 9.96. The highest BCUT2D eigenvalue weighted by molar-refractivity contribution is 5.90. The monoisotopic (exact) mass is 830 g/mol. The zero-order valence-corrected chi connectivity index (χ0v) is 35.2. The molecule has 13 heteroatoms. The molecular formula is C50H46N12O. The SMILES string of the molecule is COc1ccc(C2(C#N)CCc3n[nH]cc3C2)c2cc[nH]c12.Cn1ccc2c(C3(C#N)CCc4n[nH]cc4C3)cccc21.N#CC1(c2cccc3[nH]ccc23)CCc2n[nH]cc2C1. The van der Waals surface area contributed by atoms with E-state index in [1.165, 1.54) is 22.0 Å². The van der Waals surface area contributed by atoms with Gasteiger partial charge in [-0.2, -0.15) is 31.1 Å². The fraction of sp³-hybridized carbons (Fsp3) is 0.280. The number of fused-ring (bicyclic) bond motifs is 6. The van der Waals surface area contributed by atoms with Gasteiger partial charge in [-0.25, -0.2) is 0 Å². The largest absolute Gasteiger partial charge is 0.495 e. The van der Waals surface area contributed by atoms with Crippen LogP contribution in [0.25, 0.3) is 32.7 Å². The number of rotatable bonds is 4. The average Bonchev–Trinajstić information content (AvgIpc) is 4.20. The Morgan fingerprint density at radius 1 is 0.587 bits per heavy atom. The van der Waals surface area contributed by atoms with Crippen molar-refractivity contribution in [3.05, 3.63) is 154 Å². The first-order chi connectivity index (χ1) is 30.8. The minimum absolute atomic E-state index is 0.446. The Labute approximate surface area is 363 Å². The molecule has 312 valence electrons. The van der Waals surface area contributed by atoms with Gasteiger partial charge in [-0.3, -0.25) is 15.3 Å². The summed E-state index contributed by atoms with van der Waals surface area (Å²) in [7, 11) is 3.70. The molecule has 63 heavy (non-hydrogen) atoms. The molecular weight excluding hydrogens is 785 g/mol. The van der Waals surface area contributed by atoms with Crippen molar-refractivity contribution in [2.75, 3.05) is 7.11 Å². The number of aromatic amines is 5. The highest BCUT2D eigenvalue weighted by Gasteiger charge is 2.41. The smallest absolute Gasteiger partial charge is 0.142 e. The molecule has 6 heterocycles. The van der Waals surface area contributed by atoms with Gasteiger partial charge >= 0.3 is 0 Å². The fourth-order valence-corrected chi connectivity index (χ4v) is 10.5. The molecule has 0 amide bonds. The first kappa shape index (κ1) is 39.3. The van der Waals surface area contributed by atoms with Crippen LogP contribution in [0.1, 0.15) is 69.7 Å². The lowest BCUT2D eigenvalue weighted by Crippen LogP contribution is -2.31. The quantitative estimate of drug-likeness (QED) is 0.117. The molecule has 9 aromatic rings. The molecule has 0 bridgehead atoms. The maximum atomic E-state index is 9.96. The van der Waals surface area contributed by atoms with Crippen LogP contribution >= 0.6 is 0 Å². The number of methoxy groups -OCH3 is 1. The number of aryl methyl sites for hydroxylation is 4. The van der Waals surface area contributed by atoms with Crippen LogP contribution in [0, 0.1) is 34.0 Å². The van der Waals surface area contributed by atoms with Gasteiger partial charge in [0.25, 0.3) is 0 Å². The average molecular weight is 831 g/mol. The highest BCUT2D eigenvalue weighted by Crippen LogP contribution is 2.44. The Hall–Kier alpha value is -7.82. The van der Waals surface area contributed by atoms with Crippen molar-refractivity contribution in [1.29, 1.82) is 15.8 Å². The van der Waals surface area contributed by atoms with Crippen LogP contribution in [0.3, 0.4) is 0 Å². The number of nitriles is 3. The zero-order chi connectivity index (χ0) is 43.2. The Morgan fingerprint density at radius 3 is 1.65 bits per heavy atom. The van der Waals surface area contributed by atoms with Crippen LogP contribution in [-0.4, -0.2) is 52.2 Å². The number of hydrogen-bond donors (Lipinski definition) is 5. The first-order valence-corrected chi connectivity index (χ1v) is 21.4. The van der Waals surface area contributed by atoms with Gasteiger partial charge < -0.3 is 19.3 Å². The number of ether oxygens (including phenoxy) is 1. The van der Waals surface area contributed by atoms with E-state index in [9.17, 15) is 15.8 Å². The van der Waals surface area contributed by atoms with Crippen LogP contribution in [0.4, 0.5) is 0 Å². The van der Waals surface area contributed by atoms with Crippen molar-refractivity contribution in [2.45, 2.75) is 74.0 Å². The molecule has 3 aliphatic carbocycles. The van der Waals surface area contributed by atoms with E-state index < -0.39 is 16.2 Å². The molecule has 0 fully saturated rings. The molecule has 3 atom stereocenters. The minimum atomic E-state index is -0.510. The molecule has 12 rings (SSSR count). The summed E-state index contributed by atoms with van der Waals surface area (Å²) < 4.78 is 7.52. The second-order valence-electron chi connectivity index (χ2n) is 17.2. The van der Waals surface area contributed by atoms with Crippen LogP contribution in [0.15, 0.2) is 104 Å². The molecule has 0 radical (unpaired) electrons. The molecule has 3 aliphatic rings. The number of aromatic nitrogens is 9. The summed E-state index contributed by atoms with van der Waals surface area (Å²) in [6.07, 6.45) is 18.8. The second-order valence-corrected chi connectivity index (χ2v) is 17.2. The van der Waals surface area contributed by atoms with Crippen molar-refractivity contribution in [3.63, 3.8) is 0 Å². The number of H-pyrrole nitrogens is 5. The summed E-state index contributed by atoms with van der Waals surface area (Å²) in [5.41, 5.74) is 12.0.